The Kier molecular flexibility index (Phi) is 14.3. The van der Waals surface area contributed by atoms with Crippen LogP contribution >= 0.6 is 0 Å². The number of carbonyl (C=O) groups is 2. The van der Waals surface area contributed by atoms with E-state index in [2.05, 4.69) is 14.2 Å². The fraction of sp³-hybridized carbons (Fsp3) is 0.933. The zero-order valence-corrected chi connectivity index (χ0v) is 29.9. The van der Waals surface area contributed by atoms with Crippen LogP contribution in [0.2, 0.25) is 0 Å². The normalized spacial score (nSPS) is 23.0. The van der Waals surface area contributed by atoms with Gasteiger partial charge in [-0.2, -0.15) is 61.5 Å². The van der Waals surface area contributed by atoms with Gasteiger partial charge in [-0.25, -0.2) is 0 Å². The van der Waals surface area contributed by atoms with Gasteiger partial charge in [-0.3, -0.25) is 9.59 Å². The molecule has 0 spiro atoms. The molecule has 1 fully saturated rings. The Bertz CT molecular complexity index is 1170. The topological polar surface area (TPSA) is 80.3 Å². The number of methoxy groups -OCH3 is 1. The molecule has 0 radical (unpaired) electrons. The maximum Gasteiger partial charge on any atom is 0.450 e. The lowest BCUT2D eigenvalue weighted by Crippen LogP contribution is -2.71. The zero-order valence-electron chi connectivity index (χ0n) is 29.9. The number of alkyl halides is 14. The lowest BCUT2D eigenvalue weighted by atomic mass is 9.70. The summed E-state index contributed by atoms with van der Waals surface area (Å²) >= 11 is 0. The average Bonchev–Trinajstić information content (AvgIpc) is 3.09. The molecule has 3 atom stereocenters. The van der Waals surface area contributed by atoms with E-state index in [4.69, 9.17) is 9.47 Å². The van der Waals surface area contributed by atoms with E-state index < -0.39 is 94.6 Å². The molecule has 0 aliphatic carbocycles. The lowest BCUT2D eigenvalue weighted by molar-refractivity contribution is -0.462. The summed E-state index contributed by atoms with van der Waals surface area (Å²) in [5.41, 5.74) is -15.8. The predicted octanol–water partition coefficient (Wildman–Crippen LogP) is 9.71. The van der Waals surface area contributed by atoms with Gasteiger partial charge in [0.1, 0.15) is 5.60 Å². The molecule has 1 heterocycles. The molecule has 1 aliphatic rings. The van der Waals surface area contributed by atoms with Crippen LogP contribution in [-0.2, 0) is 33.3 Å². The zero-order chi connectivity index (χ0) is 41.5. The molecule has 304 valence electrons. The van der Waals surface area contributed by atoms with E-state index in [1.807, 2.05) is 0 Å². The fourth-order valence-corrected chi connectivity index (χ4v) is 4.50. The molecule has 0 aromatic rings. The van der Waals surface area contributed by atoms with Crippen molar-refractivity contribution in [1.82, 2.24) is 0 Å². The highest BCUT2D eigenvalue weighted by Crippen LogP contribution is 2.65. The van der Waals surface area contributed by atoms with Crippen LogP contribution in [0.5, 0.6) is 0 Å². The molecule has 1 rings (SSSR count). The third-order valence-corrected chi connectivity index (χ3v) is 8.78. The van der Waals surface area contributed by atoms with E-state index in [9.17, 15) is 62.3 Å². The second-order valence-corrected chi connectivity index (χ2v) is 14.2. The highest BCUT2D eigenvalue weighted by molar-refractivity contribution is 5.77. The standard InChI is InChI=1S/C17H27F5O5.C13H17F9O2/c1-8-13(4,5)12(23)27-14(6)9-25-16(15(14,18)19,17(20,21)22)26-11(24-7)10(2)3;1-6-8(2,3)7(23)24-9(4,5)10(11(14,15)16,12(17,18)19)13(20,21)22/h10-11H,8-9H2,1-7H3;6H2,1-5H3. The molecule has 51 heavy (non-hydrogen) atoms. The largest absolute Gasteiger partial charge is 0.458 e. The van der Waals surface area contributed by atoms with Gasteiger partial charge in [0.15, 0.2) is 6.29 Å². The van der Waals surface area contributed by atoms with Gasteiger partial charge in [0.05, 0.1) is 17.4 Å². The monoisotopic (exact) mass is 782 g/mol. The Hall–Kier alpha value is -2.16. The van der Waals surface area contributed by atoms with Crippen LogP contribution in [0, 0.1) is 22.2 Å². The van der Waals surface area contributed by atoms with Crippen LogP contribution in [-0.4, -0.2) is 79.6 Å². The molecule has 0 aromatic heterocycles. The quantitative estimate of drug-likeness (QED) is 0.117. The molecule has 1 aliphatic heterocycles. The number of esters is 2. The molecule has 0 saturated carbocycles. The SMILES string of the molecule is CCC(C)(C)C(=O)OC(C)(C)C(C(F)(F)F)(C(F)(F)F)C(F)(F)F.CCC(C)(C)C(=O)OC1(C)COC(OC(OC)C(C)C)(C(F)(F)F)C1(F)F. The van der Waals surface area contributed by atoms with Crippen LogP contribution in [0.25, 0.3) is 0 Å². The van der Waals surface area contributed by atoms with Crippen molar-refractivity contribution < 1.29 is 94.7 Å². The summed E-state index contributed by atoms with van der Waals surface area (Å²) < 4.78 is 212. The number of ether oxygens (including phenoxy) is 5. The molecule has 3 unspecified atom stereocenters. The highest BCUT2D eigenvalue weighted by atomic mass is 19.4. The van der Waals surface area contributed by atoms with Crippen molar-refractivity contribution >= 4 is 11.9 Å². The number of halogens is 14. The molecule has 0 bridgehead atoms. The summed E-state index contributed by atoms with van der Waals surface area (Å²) in [7, 11) is 1.03. The smallest absolute Gasteiger partial charge is 0.450 e. The lowest BCUT2D eigenvalue weighted by Gasteiger charge is -2.48. The Morgan fingerprint density at radius 3 is 1.39 bits per heavy atom. The van der Waals surface area contributed by atoms with Crippen molar-refractivity contribution in [3.63, 3.8) is 0 Å². The van der Waals surface area contributed by atoms with Crippen LogP contribution < -0.4 is 0 Å². The van der Waals surface area contributed by atoms with Crippen molar-refractivity contribution in [2.75, 3.05) is 13.7 Å². The van der Waals surface area contributed by atoms with Crippen LogP contribution in [0.15, 0.2) is 0 Å². The molecule has 1 saturated heterocycles. The van der Waals surface area contributed by atoms with E-state index in [0.717, 1.165) is 21.0 Å². The van der Waals surface area contributed by atoms with Gasteiger partial charge in [0.2, 0.25) is 5.60 Å². The summed E-state index contributed by atoms with van der Waals surface area (Å²) in [5.74, 6) is -12.4. The van der Waals surface area contributed by atoms with Crippen molar-refractivity contribution in [2.45, 2.75) is 143 Å². The minimum Gasteiger partial charge on any atom is -0.458 e. The van der Waals surface area contributed by atoms with E-state index in [0.29, 0.717) is 6.92 Å². The van der Waals surface area contributed by atoms with Gasteiger partial charge in [0.25, 0.3) is 5.41 Å². The van der Waals surface area contributed by atoms with E-state index in [1.165, 1.54) is 34.6 Å². The first-order chi connectivity index (χ1) is 22.2. The molecular weight excluding hydrogens is 738 g/mol. The van der Waals surface area contributed by atoms with E-state index in [-0.39, 0.29) is 26.7 Å². The molecule has 0 N–H and O–H groups in total. The van der Waals surface area contributed by atoms with Gasteiger partial charge in [0, 0.05) is 13.0 Å². The van der Waals surface area contributed by atoms with Crippen molar-refractivity contribution in [2.24, 2.45) is 22.2 Å². The van der Waals surface area contributed by atoms with Crippen molar-refractivity contribution in [3.8, 4) is 0 Å². The van der Waals surface area contributed by atoms with Crippen LogP contribution in [0.3, 0.4) is 0 Å². The molecule has 0 amide bonds. The second kappa shape index (κ2) is 14.9. The molecule has 21 heteroatoms. The third-order valence-electron chi connectivity index (χ3n) is 8.78. The first-order valence-electron chi connectivity index (χ1n) is 15.2. The minimum atomic E-state index is -6.80. The summed E-state index contributed by atoms with van der Waals surface area (Å²) in [6.07, 6.45) is -27.5. The summed E-state index contributed by atoms with van der Waals surface area (Å²) in [6, 6.07) is 0. The van der Waals surface area contributed by atoms with Gasteiger partial charge in [-0.15, -0.1) is 0 Å². The number of rotatable bonds is 11. The van der Waals surface area contributed by atoms with Gasteiger partial charge in [-0.1, -0.05) is 27.7 Å². The van der Waals surface area contributed by atoms with Crippen molar-refractivity contribution in [3.05, 3.63) is 0 Å². The van der Waals surface area contributed by atoms with Gasteiger partial charge in [-0.05, 0) is 61.3 Å². The molecule has 0 aromatic carbocycles. The Balaban J connectivity index is 0.000000988. The Morgan fingerprint density at radius 2 is 1.10 bits per heavy atom. The minimum absolute atomic E-state index is 0.0505. The van der Waals surface area contributed by atoms with E-state index >= 15 is 8.78 Å². The van der Waals surface area contributed by atoms with Gasteiger partial charge < -0.3 is 23.7 Å². The average molecular weight is 783 g/mol. The third kappa shape index (κ3) is 8.81. The highest BCUT2D eigenvalue weighted by Gasteiger charge is 2.90. The van der Waals surface area contributed by atoms with Crippen molar-refractivity contribution in [1.29, 1.82) is 0 Å². The summed E-state index contributed by atoms with van der Waals surface area (Å²) in [6.45, 7) is 10.4. The number of hydrogen-bond donors (Lipinski definition) is 0. The first-order valence-corrected chi connectivity index (χ1v) is 15.2. The maximum absolute atomic E-state index is 15.1. The Morgan fingerprint density at radius 1 is 0.725 bits per heavy atom. The second-order valence-electron chi connectivity index (χ2n) is 14.2. The number of hydrogen-bond acceptors (Lipinski definition) is 7. The maximum atomic E-state index is 15.1. The van der Waals surface area contributed by atoms with E-state index in [1.54, 1.807) is 6.92 Å². The Labute approximate surface area is 286 Å². The fourth-order valence-electron chi connectivity index (χ4n) is 4.50. The summed E-state index contributed by atoms with van der Waals surface area (Å²) in [4.78, 5) is 24.0. The van der Waals surface area contributed by atoms with Crippen LogP contribution in [0.1, 0.15) is 89.0 Å². The van der Waals surface area contributed by atoms with Crippen LogP contribution in [0.4, 0.5) is 61.5 Å². The number of carbonyl (C=O) groups excluding carboxylic acids is 2. The summed E-state index contributed by atoms with van der Waals surface area (Å²) in [5, 5.41) is 0. The molecular formula is C30H44F14O7. The first kappa shape index (κ1) is 48.8. The molecule has 7 nitrogen and oxygen atoms in total. The van der Waals surface area contributed by atoms with Gasteiger partial charge >= 0.3 is 48.4 Å². The predicted molar refractivity (Wildman–Crippen MR) is 150 cm³/mol.